The van der Waals surface area contributed by atoms with Crippen LogP contribution in [0.4, 0.5) is 0 Å². The molecule has 8 bridgehead atoms. The third-order valence-corrected chi connectivity index (χ3v) is 7.33. The van der Waals surface area contributed by atoms with Crippen LogP contribution in [-0.4, -0.2) is 29.9 Å². The van der Waals surface area contributed by atoms with Crippen LogP contribution >= 0.6 is 0 Å². The monoisotopic (exact) mass is 519 g/mol. The Hall–Kier alpha value is -5.16. The maximum Gasteiger partial charge on any atom is 1.00 e. The molecule has 0 saturated heterocycles. The molecule has 0 saturated carbocycles. The molecule has 0 N–H and O–H groups in total. The van der Waals surface area contributed by atoms with Crippen LogP contribution in [0.25, 0.3) is 89.7 Å². The maximum atomic E-state index is 4.95. The molecule has 0 fully saturated rings. The average Bonchev–Trinajstić information content (AvgIpc) is 3.73. The van der Waals surface area contributed by atoms with Crippen LogP contribution in [0.1, 0.15) is 0 Å². The van der Waals surface area contributed by atoms with Crippen molar-refractivity contribution in [3.63, 3.8) is 0 Å². The van der Waals surface area contributed by atoms with E-state index in [1.807, 2.05) is 97.1 Å². The standard InChI is InChI=1S/C32H16N8.Li/c1-2-10-18-17(9-1)25-33-26(18)38-28-21-13-5-6-14-22(21)30(35-28)40-32-24-16-8-7-15-23(24)31(36-32)39-29-20-12-4-3-11-19(20)27(34-29)37-25;/h1-16H;/q-2;+1. The molecule has 0 spiro atoms. The molecule has 3 aromatic heterocycles. The summed E-state index contributed by atoms with van der Waals surface area (Å²) < 4.78 is 0. The third kappa shape index (κ3) is 3.55. The Morgan fingerprint density at radius 2 is 0.561 bits per heavy atom. The van der Waals surface area contributed by atoms with Crippen molar-refractivity contribution in [2.45, 2.75) is 0 Å². The van der Waals surface area contributed by atoms with Gasteiger partial charge in [0.2, 0.25) is 0 Å². The van der Waals surface area contributed by atoms with Crippen LogP contribution in [0.3, 0.4) is 0 Å². The van der Waals surface area contributed by atoms with Crippen molar-refractivity contribution in [2.75, 3.05) is 0 Å². The summed E-state index contributed by atoms with van der Waals surface area (Å²) >= 11 is 0. The van der Waals surface area contributed by atoms with Crippen LogP contribution in [0.5, 0.6) is 0 Å². The van der Waals surface area contributed by atoms with Gasteiger partial charge in [0.05, 0.1) is 23.3 Å². The van der Waals surface area contributed by atoms with Gasteiger partial charge in [0.25, 0.3) is 0 Å². The first-order valence-electron chi connectivity index (χ1n) is 12.9. The van der Waals surface area contributed by atoms with Crippen LogP contribution in [0, 0.1) is 0 Å². The second-order valence-corrected chi connectivity index (χ2v) is 9.67. The average molecular weight is 519 g/mol. The van der Waals surface area contributed by atoms with Gasteiger partial charge in [0.15, 0.2) is 0 Å². The van der Waals surface area contributed by atoms with Gasteiger partial charge in [-0.05, 0) is 21.5 Å². The van der Waals surface area contributed by atoms with Gasteiger partial charge in [-0.25, -0.2) is 9.97 Å². The Labute approximate surface area is 244 Å². The summed E-state index contributed by atoms with van der Waals surface area (Å²) in [7, 11) is 0. The van der Waals surface area contributed by atoms with Crippen molar-refractivity contribution in [3.8, 4) is 45.6 Å². The summed E-state index contributed by atoms with van der Waals surface area (Å²) in [6.45, 7) is 0. The normalized spacial score (nSPS) is 11.7. The Morgan fingerprint density at radius 3 is 0.829 bits per heavy atom. The number of nitrogens with zero attached hydrogens (tertiary/aromatic N) is 8. The van der Waals surface area contributed by atoms with Crippen LogP contribution in [0.15, 0.2) is 97.1 Å². The minimum absolute atomic E-state index is 0. The van der Waals surface area contributed by atoms with Crippen molar-refractivity contribution in [1.82, 2.24) is 39.9 Å². The zero-order valence-corrected chi connectivity index (χ0v) is 21.8. The second-order valence-electron chi connectivity index (χ2n) is 9.67. The number of fused-ring (bicyclic) bond motifs is 20. The fourth-order valence-electron chi connectivity index (χ4n) is 5.46. The zero-order chi connectivity index (χ0) is 26.2. The minimum Gasteiger partial charge on any atom is -0.357 e. The molecule has 41 heavy (non-hydrogen) atoms. The quantitative estimate of drug-likeness (QED) is 0.282. The van der Waals surface area contributed by atoms with Gasteiger partial charge < -0.3 is 29.9 Å². The Bertz CT molecular complexity index is 2030. The molecule has 4 aromatic carbocycles. The Kier molecular flexibility index (Phi) is 5.16. The number of aromatic nitrogens is 8. The third-order valence-electron chi connectivity index (χ3n) is 7.33. The summed E-state index contributed by atoms with van der Waals surface area (Å²) in [5.41, 5.74) is 5.78. The molecule has 7 aromatic rings. The van der Waals surface area contributed by atoms with Gasteiger partial charge in [-0.2, -0.15) is 0 Å². The van der Waals surface area contributed by atoms with Gasteiger partial charge in [-0.15, -0.1) is 0 Å². The summed E-state index contributed by atoms with van der Waals surface area (Å²) in [6, 6.07) is 31.8. The van der Waals surface area contributed by atoms with Gasteiger partial charge in [0.1, 0.15) is 0 Å². The van der Waals surface area contributed by atoms with Crippen LogP contribution in [-0.2, 0) is 0 Å². The summed E-state index contributed by atoms with van der Waals surface area (Å²) in [4.78, 5) is 39.3. The van der Waals surface area contributed by atoms with Crippen molar-refractivity contribution >= 4 is 44.1 Å². The van der Waals surface area contributed by atoms with Gasteiger partial charge in [-0.1, -0.05) is 97.1 Å². The molecule has 5 heterocycles. The SMILES string of the molecule is [Li+].c1ccc2c(c1)-c1nc-2nc2[n-]c(nc3nc(nc4[n-]c(n1)c1ccccc41)-c1ccccc1-3)c1ccccc21. The fraction of sp³-hybridized carbons (Fsp3) is 0. The smallest absolute Gasteiger partial charge is 0.357 e. The van der Waals surface area contributed by atoms with E-state index in [0.29, 0.717) is 45.9 Å². The molecule has 8 nitrogen and oxygen atoms in total. The second kappa shape index (κ2) is 8.93. The van der Waals surface area contributed by atoms with Crippen LogP contribution < -0.4 is 28.8 Å². The number of hydrogen-bond donors (Lipinski definition) is 0. The molecule has 0 unspecified atom stereocenters. The van der Waals surface area contributed by atoms with E-state index in [2.05, 4.69) is 0 Å². The van der Waals surface area contributed by atoms with E-state index in [-0.39, 0.29) is 18.9 Å². The molecule has 9 heteroatoms. The molecule has 2 aliphatic heterocycles. The van der Waals surface area contributed by atoms with Crippen molar-refractivity contribution < 1.29 is 18.9 Å². The van der Waals surface area contributed by atoms with Crippen molar-refractivity contribution in [3.05, 3.63) is 97.1 Å². The fourth-order valence-corrected chi connectivity index (χ4v) is 5.46. The molecule has 0 aliphatic carbocycles. The van der Waals surface area contributed by atoms with Gasteiger partial charge in [0, 0.05) is 44.8 Å². The molecule has 0 atom stereocenters. The molecular formula is C32H16LiN8-. The van der Waals surface area contributed by atoms with Crippen LogP contribution in [0.2, 0.25) is 0 Å². The van der Waals surface area contributed by atoms with E-state index < -0.39 is 0 Å². The molecule has 2 aliphatic rings. The largest absolute Gasteiger partial charge is 1.00 e. The number of rotatable bonds is 0. The van der Waals surface area contributed by atoms with Crippen molar-refractivity contribution in [2.24, 2.45) is 0 Å². The molecule has 186 valence electrons. The summed E-state index contributed by atoms with van der Waals surface area (Å²) in [5, 5.41) is 3.57. The Balaban J connectivity index is 0.00000256. The van der Waals surface area contributed by atoms with E-state index in [0.717, 1.165) is 43.8 Å². The minimum atomic E-state index is 0. The number of hydrogen-bond acceptors (Lipinski definition) is 6. The summed E-state index contributed by atoms with van der Waals surface area (Å²) in [6.07, 6.45) is 0. The first-order chi connectivity index (χ1) is 19.8. The molecule has 0 radical (unpaired) electrons. The van der Waals surface area contributed by atoms with Crippen molar-refractivity contribution in [1.29, 1.82) is 0 Å². The summed E-state index contributed by atoms with van der Waals surface area (Å²) in [5.74, 6) is 2.21. The van der Waals surface area contributed by atoms with E-state index in [4.69, 9.17) is 39.9 Å². The maximum absolute atomic E-state index is 4.95. The van der Waals surface area contributed by atoms with E-state index in [1.165, 1.54) is 0 Å². The van der Waals surface area contributed by atoms with E-state index >= 15 is 0 Å². The zero-order valence-electron chi connectivity index (χ0n) is 21.8. The van der Waals surface area contributed by atoms with E-state index in [1.54, 1.807) is 0 Å². The molecule has 0 amide bonds. The predicted octanol–water partition coefficient (Wildman–Crippen LogP) is 3.13. The number of benzene rings is 4. The Morgan fingerprint density at radius 1 is 0.317 bits per heavy atom. The molecule has 9 rings (SSSR count). The first kappa shape index (κ1) is 23.7. The van der Waals surface area contributed by atoms with E-state index in [9.17, 15) is 0 Å². The topological polar surface area (TPSA) is 106 Å². The predicted molar refractivity (Wildman–Crippen MR) is 154 cm³/mol. The molecular weight excluding hydrogens is 503 g/mol. The van der Waals surface area contributed by atoms with Gasteiger partial charge >= 0.3 is 18.9 Å². The van der Waals surface area contributed by atoms with Gasteiger partial charge in [-0.3, -0.25) is 0 Å². The first-order valence-corrected chi connectivity index (χ1v) is 12.9.